The summed E-state index contributed by atoms with van der Waals surface area (Å²) in [5.74, 6) is 1.20. The minimum absolute atomic E-state index is 0.158. The summed E-state index contributed by atoms with van der Waals surface area (Å²) in [6.45, 7) is 4.74. The third kappa shape index (κ3) is 3.04. The Kier molecular flexibility index (Phi) is 4.13. The fourth-order valence-corrected chi connectivity index (χ4v) is 2.52. The van der Waals surface area contributed by atoms with E-state index < -0.39 is 5.41 Å². The number of anilines is 1. The molecule has 0 atom stereocenters. The summed E-state index contributed by atoms with van der Waals surface area (Å²) >= 11 is 0. The van der Waals surface area contributed by atoms with Crippen molar-refractivity contribution < 1.29 is 14.3 Å². The molecule has 0 aromatic heterocycles. The van der Waals surface area contributed by atoms with E-state index in [2.05, 4.69) is 11.4 Å². The molecule has 3 rings (SSSR count). The van der Waals surface area contributed by atoms with Gasteiger partial charge in [-0.15, -0.1) is 0 Å². The van der Waals surface area contributed by atoms with Crippen molar-refractivity contribution in [1.29, 1.82) is 5.26 Å². The van der Waals surface area contributed by atoms with E-state index in [0.717, 1.165) is 5.56 Å². The molecule has 0 bridgehead atoms. The van der Waals surface area contributed by atoms with Crippen LogP contribution >= 0.6 is 0 Å². The standard InChI is InChI=1S/C19H18N2O3/c1-19(2,14-6-7-16-17(11-14)24-9-8-23-16)18(22)21-15-5-3-4-13(10-15)12-20/h3-7,10-11H,8-9H2,1-2H3,(H,21,22). The number of carbonyl (C=O) groups is 1. The maximum Gasteiger partial charge on any atom is 0.234 e. The third-order valence-corrected chi connectivity index (χ3v) is 4.08. The Morgan fingerprint density at radius 2 is 1.88 bits per heavy atom. The molecule has 2 aromatic rings. The molecule has 5 nitrogen and oxygen atoms in total. The molecule has 1 amide bonds. The second kappa shape index (κ2) is 6.25. The van der Waals surface area contributed by atoms with Crippen LogP contribution in [0.2, 0.25) is 0 Å². The van der Waals surface area contributed by atoms with Crippen molar-refractivity contribution in [3.63, 3.8) is 0 Å². The molecule has 1 aliphatic heterocycles. The SMILES string of the molecule is CC(C)(C(=O)Nc1cccc(C#N)c1)c1ccc2c(c1)OCCO2. The predicted molar refractivity (Wildman–Crippen MR) is 90.2 cm³/mol. The van der Waals surface area contributed by atoms with Crippen molar-refractivity contribution in [2.45, 2.75) is 19.3 Å². The van der Waals surface area contributed by atoms with E-state index in [0.29, 0.717) is 36.0 Å². The Bertz CT molecular complexity index is 822. The number of amides is 1. The van der Waals surface area contributed by atoms with Gasteiger partial charge < -0.3 is 14.8 Å². The quantitative estimate of drug-likeness (QED) is 0.941. The third-order valence-electron chi connectivity index (χ3n) is 4.08. The van der Waals surface area contributed by atoms with Crippen molar-refractivity contribution in [2.24, 2.45) is 0 Å². The zero-order chi connectivity index (χ0) is 17.2. The maximum absolute atomic E-state index is 12.7. The van der Waals surface area contributed by atoms with Gasteiger partial charge in [-0.05, 0) is 49.7 Å². The molecule has 2 aromatic carbocycles. The zero-order valence-corrected chi connectivity index (χ0v) is 13.6. The first-order valence-corrected chi connectivity index (χ1v) is 7.72. The second-order valence-corrected chi connectivity index (χ2v) is 6.13. The van der Waals surface area contributed by atoms with E-state index in [1.54, 1.807) is 24.3 Å². The summed E-state index contributed by atoms with van der Waals surface area (Å²) < 4.78 is 11.1. The van der Waals surface area contributed by atoms with E-state index in [4.69, 9.17) is 14.7 Å². The van der Waals surface area contributed by atoms with Crippen LogP contribution in [-0.4, -0.2) is 19.1 Å². The lowest BCUT2D eigenvalue weighted by Gasteiger charge is -2.26. The molecule has 24 heavy (non-hydrogen) atoms. The van der Waals surface area contributed by atoms with Crippen LogP contribution in [0.5, 0.6) is 11.5 Å². The molecule has 0 aliphatic carbocycles. The molecular formula is C19H18N2O3. The fourth-order valence-electron chi connectivity index (χ4n) is 2.52. The number of fused-ring (bicyclic) bond motifs is 1. The summed E-state index contributed by atoms with van der Waals surface area (Å²) in [4.78, 5) is 12.7. The number of nitrogens with zero attached hydrogens (tertiary/aromatic N) is 1. The average molecular weight is 322 g/mol. The Hall–Kier alpha value is -3.00. The van der Waals surface area contributed by atoms with Gasteiger partial charge in [0, 0.05) is 5.69 Å². The Morgan fingerprint density at radius 3 is 2.62 bits per heavy atom. The number of benzene rings is 2. The molecule has 1 N–H and O–H groups in total. The van der Waals surface area contributed by atoms with Crippen LogP contribution in [0.25, 0.3) is 0 Å². The largest absolute Gasteiger partial charge is 0.486 e. The normalized spacial score (nSPS) is 13.0. The number of hydrogen-bond acceptors (Lipinski definition) is 4. The first kappa shape index (κ1) is 15.9. The lowest BCUT2D eigenvalue weighted by molar-refractivity contribution is -0.120. The second-order valence-electron chi connectivity index (χ2n) is 6.13. The smallest absolute Gasteiger partial charge is 0.234 e. The monoisotopic (exact) mass is 322 g/mol. The Labute approximate surface area is 140 Å². The van der Waals surface area contributed by atoms with Crippen LogP contribution in [-0.2, 0) is 10.2 Å². The molecule has 5 heteroatoms. The molecule has 0 saturated heterocycles. The zero-order valence-electron chi connectivity index (χ0n) is 13.6. The van der Waals surface area contributed by atoms with Gasteiger partial charge in [-0.1, -0.05) is 12.1 Å². The van der Waals surface area contributed by atoms with Crippen molar-refractivity contribution >= 4 is 11.6 Å². The number of hydrogen-bond donors (Lipinski definition) is 1. The lowest BCUT2D eigenvalue weighted by Crippen LogP contribution is -2.34. The molecule has 1 aliphatic rings. The highest BCUT2D eigenvalue weighted by Crippen LogP contribution is 2.35. The molecule has 0 unspecified atom stereocenters. The van der Waals surface area contributed by atoms with Crippen molar-refractivity contribution in [1.82, 2.24) is 0 Å². The minimum atomic E-state index is -0.765. The summed E-state index contributed by atoms with van der Waals surface area (Å²) in [5, 5.41) is 11.8. The number of rotatable bonds is 3. The lowest BCUT2D eigenvalue weighted by atomic mass is 9.83. The predicted octanol–water partition coefficient (Wildman–Crippen LogP) is 3.25. The first-order valence-electron chi connectivity index (χ1n) is 7.72. The van der Waals surface area contributed by atoms with E-state index >= 15 is 0 Å². The fraction of sp³-hybridized carbons (Fsp3) is 0.263. The summed E-state index contributed by atoms with van der Waals surface area (Å²) in [6.07, 6.45) is 0. The van der Waals surface area contributed by atoms with Crippen molar-refractivity contribution in [3.8, 4) is 17.6 Å². The molecular weight excluding hydrogens is 304 g/mol. The molecule has 0 fully saturated rings. The van der Waals surface area contributed by atoms with Crippen LogP contribution in [0.15, 0.2) is 42.5 Å². The van der Waals surface area contributed by atoms with Crippen molar-refractivity contribution in [2.75, 3.05) is 18.5 Å². The average Bonchev–Trinajstić information content (AvgIpc) is 2.61. The topological polar surface area (TPSA) is 71.4 Å². The van der Waals surface area contributed by atoms with E-state index in [-0.39, 0.29) is 5.91 Å². The van der Waals surface area contributed by atoms with Gasteiger partial charge in [0.05, 0.1) is 17.0 Å². The van der Waals surface area contributed by atoms with Gasteiger partial charge in [-0.2, -0.15) is 5.26 Å². The number of nitriles is 1. The molecule has 1 heterocycles. The van der Waals surface area contributed by atoms with Gasteiger partial charge in [0.15, 0.2) is 11.5 Å². The van der Waals surface area contributed by atoms with E-state index in [1.807, 2.05) is 32.0 Å². The highest BCUT2D eigenvalue weighted by Gasteiger charge is 2.31. The van der Waals surface area contributed by atoms with Crippen LogP contribution in [0, 0.1) is 11.3 Å². The van der Waals surface area contributed by atoms with Crippen LogP contribution in [0.4, 0.5) is 5.69 Å². The van der Waals surface area contributed by atoms with E-state index in [9.17, 15) is 4.79 Å². The molecule has 0 spiro atoms. The van der Waals surface area contributed by atoms with Gasteiger partial charge >= 0.3 is 0 Å². The van der Waals surface area contributed by atoms with Gasteiger partial charge in [0.1, 0.15) is 13.2 Å². The van der Waals surface area contributed by atoms with Gasteiger partial charge in [-0.3, -0.25) is 4.79 Å². The van der Waals surface area contributed by atoms with E-state index in [1.165, 1.54) is 0 Å². The summed E-state index contributed by atoms with van der Waals surface area (Å²) in [6, 6.07) is 14.5. The first-order chi connectivity index (χ1) is 11.5. The molecule has 0 radical (unpaired) electrons. The van der Waals surface area contributed by atoms with Gasteiger partial charge in [0.25, 0.3) is 0 Å². The van der Waals surface area contributed by atoms with Crippen LogP contribution in [0.1, 0.15) is 25.0 Å². The summed E-state index contributed by atoms with van der Waals surface area (Å²) in [5.41, 5.74) is 1.17. The number of nitrogens with one attached hydrogen (secondary N) is 1. The highest BCUT2D eigenvalue weighted by molar-refractivity contribution is 5.98. The van der Waals surface area contributed by atoms with Gasteiger partial charge in [-0.25, -0.2) is 0 Å². The van der Waals surface area contributed by atoms with Gasteiger partial charge in [0.2, 0.25) is 5.91 Å². The summed E-state index contributed by atoms with van der Waals surface area (Å²) in [7, 11) is 0. The molecule has 122 valence electrons. The highest BCUT2D eigenvalue weighted by atomic mass is 16.6. The van der Waals surface area contributed by atoms with Crippen LogP contribution in [0.3, 0.4) is 0 Å². The molecule has 0 saturated carbocycles. The Morgan fingerprint density at radius 1 is 1.12 bits per heavy atom. The maximum atomic E-state index is 12.7. The Balaban J connectivity index is 1.84. The number of carbonyl (C=O) groups excluding carboxylic acids is 1. The minimum Gasteiger partial charge on any atom is -0.486 e. The number of ether oxygens (including phenoxy) is 2. The van der Waals surface area contributed by atoms with Crippen LogP contribution < -0.4 is 14.8 Å². The van der Waals surface area contributed by atoms with Crippen molar-refractivity contribution in [3.05, 3.63) is 53.6 Å².